The van der Waals surface area contributed by atoms with Crippen molar-refractivity contribution < 1.29 is 9.53 Å². The van der Waals surface area contributed by atoms with Gasteiger partial charge in [0.15, 0.2) is 0 Å². The Hall–Kier alpha value is -3.16. The van der Waals surface area contributed by atoms with Crippen molar-refractivity contribution in [2.75, 3.05) is 13.7 Å². The maximum absolute atomic E-state index is 12.9. The SMILES string of the molecule is CNCc1ccc(Cl)cc1CNC(=O)Cc1c(C)ccn(CCOc2ccccn2)c1=O. The van der Waals surface area contributed by atoms with E-state index in [-0.39, 0.29) is 17.9 Å². The van der Waals surface area contributed by atoms with Crippen LogP contribution in [-0.2, 0) is 30.8 Å². The summed E-state index contributed by atoms with van der Waals surface area (Å²) in [4.78, 5) is 29.6. The number of hydrogen-bond donors (Lipinski definition) is 2. The highest BCUT2D eigenvalue weighted by molar-refractivity contribution is 6.30. The first-order valence-electron chi connectivity index (χ1n) is 10.4. The number of hydrogen-bond acceptors (Lipinski definition) is 5. The molecule has 2 heterocycles. The zero-order valence-corrected chi connectivity index (χ0v) is 19.0. The topological polar surface area (TPSA) is 85.2 Å². The predicted molar refractivity (Wildman–Crippen MR) is 125 cm³/mol. The molecule has 32 heavy (non-hydrogen) atoms. The number of aromatic nitrogens is 2. The fourth-order valence-corrected chi connectivity index (χ4v) is 3.52. The molecule has 0 atom stereocenters. The van der Waals surface area contributed by atoms with Crippen molar-refractivity contribution in [2.24, 2.45) is 0 Å². The molecule has 0 saturated heterocycles. The van der Waals surface area contributed by atoms with Crippen molar-refractivity contribution in [1.29, 1.82) is 0 Å². The molecule has 1 amide bonds. The summed E-state index contributed by atoms with van der Waals surface area (Å²) in [5.41, 5.74) is 3.07. The van der Waals surface area contributed by atoms with Crippen molar-refractivity contribution in [3.63, 3.8) is 0 Å². The summed E-state index contributed by atoms with van der Waals surface area (Å²) in [6.07, 6.45) is 3.38. The van der Waals surface area contributed by atoms with E-state index in [1.165, 1.54) is 0 Å². The van der Waals surface area contributed by atoms with Gasteiger partial charge in [-0.1, -0.05) is 23.7 Å². The monoisotopic (exact) mass is 454 g/mol. The highest BCUT2D eigenvalue weighted by atomic mass is 35.5. The number of rotatable bonds is 10. The van der Waals surface area contributed by atoms with E-state index in [0.29, 0.717) is 42.7 Å². The molecule has 0 aliphatic carbocycles. The Morgan fingerprint density at radius 1 is 1.16 bits per heavy atom. The lowest BCUT2D eigenvalue weighted by Gasteiger charge is -2.13. The van der Waals surface area contributed by atoms with Crippen LogP contribution < -0.4 is 20.9 Å². The molecule has 3 aromatic rings. The van der Waals surface area contributed by atoms with Crippen LogP contribution in [0.2, 0.25) is 5.02 Å². The molecule has 2 N–H and O–H groups in total. The third kappa shape index (κ3) is 6.42. The number of aryl methyl sites for hydroxylation is 1. The minimum atomic E-state index is -0.219. The normalized spacial score (nSPS) is 10.7. The van der Waals surface area contributed by atoms with Crippen molar-refractivity contribution in [1.82, 2.24) is 20.2 Å². The second-order valence-corrected chi connectivity index (χ2v) is 7.83. The Bertz CT molecular complexity index is 1120. The Morgan fingerprint density at radius 2 is 2.00 bits per heavy atom. The number of benzene rings is 1. The highest BCUT2D eigenvalue weighted by Crippen LogP contribution is 2.16. The Morgan fingerprint density at radius 3 is 2.75 bits per heavy atom. The van der Waals surface area contributed by atoms with Crippen LogP contribution in [-0.4, -0.2) is 29.1 Å². The van der Waals surface area contributed by atoms with Crippen LogP contribution in [0.15, 0.2) is 59.7 Å². The van der Waals surface area contributed by atoms with E-state index < -0.39 is 0 Å². The molecular weight excluding hydrogens is 428 g/mol. The molecular formula is C24H27ClN4O3. The van der Waals surface area contributed by atoms with Crippen LogP contribution in [0.25, 0.3) is 0 Å². The Labute approximate surface area is 192 Å². The summed E-state index contributed by atoms with van der Waals surface area (Å²) in [7, 11) is 1.86. The van der Waals surface area contributed by atoms with Crippen LogP contribution >= 0.6 is 11.6 Å². The van der Waals surface area contributed by atoms with Crippen molar-refractivity contribution in [2.45, 2.75) is 33.0 Å². The first kappa shape index (κ1) is 23.5. The van der Waals surface area contributed by atoms with Gasteiger partial charge in [0.2, 0.25) is 11.8 Å². The van der Waals surface area contributed by atoms with Crippen LogP contribution in [0.5, 0.6) is 5.88 Å². The van der Waals surface area contributed by atoms with Gasteiger partial charge in [-0.2, -0.15) is 0 Å². The largest absolute Gasteiger partial charge is 0.476 e. The third-order valence-electron chi connectivity index (χ3n) is 5.07. The van der Waals surface area contributed by atoms with Gasteiger partial charge in [-0.05, 0) is 54.9 Å². The maximum atomic E-state index is 12.9. The molecule has 0 fully saturated rings. The molecule has 168 valence electrons. The zero-order chi connectivity index (χ0) is 22.9. The van der Waals surface area contributed by atoms with E-state index in [0.717, 1.165) is 16.7 Å². The average Bonchev–Trinajstić information content (AvgIpc) is 2.79. The van der Waals surface area contributed by atoms with Gasteiger partial charge in [0.1, 0.15) is 6.61 Å². The van der Waals surface area contributed by atoms with Crippen LogP contribution in [0.4, 0.5) is 0 Å². The molecule has 2 aromatic heterocycles. The molecule has 3 rings (SSSR count). The lowest BCUT2D eigenvalue weighted by atomic mass is 10.1. The summed E-state index contributed by atoms with van der Waals surface area (Å²) in [5, 5.41) is 6.63. The van der Waals surface area contributed by atoms with E-state index in [4.69, 9.17) is 16.3 Å². The number of nitrogens with zero attached hydrogens (tertiary/aromatic N) is 2. The van der Waals surface area contributed by atoms with Crippen LogP contribution in [0.1, 0.15) is 22.3 Å². The Kier molecular flexibility index (Phi) is 8.41. The lowest BCUT2D eigenvalue weighted by Crippen LogP contribution is -2.32. The molecule has 1 aromatic carbocycles. The van der Waals surface area contributed by atoms with Crippen molar-refractivity contribution in [3.8, 4) is 5.88 Å². The van der Waals surface area contributed by atoms with Crippen molar-refractivity contribution in [3.05, 3.63) is 92.5 Å². The number of amides is 1. The smallest absolute Gasteiger partial charge is 0.254 e. The first-order valence-corrected chi connectivity index (χ1v) is 10.8. The zero-order valence-electron chi connectivity index (χ0n) is 18.2. The molecule has 7 nitrogen and oxygen atoms in total. The number of nitrogens with one attached hydrogen (secondary N) is 2. The van der Waals surface area contributed by atoms with Gasteiger partial charge in [0, 0.05) is 42.1 Å². The van der Waals surface area contributed by atoms with Gasteiger partial charge < -0.3 is 19.9 Å². The van der Waals surface area contributed by atoms with Gasteiger partial charge in [0.05, 0.1) is 13.0 Å². The van der Waals surface area contributed by atoms with Gasteiger partial charge in [-0.3, -0.25) is 9.59 Å². The fraction of sp³-hybridized carbons (Fsp3) is 0.292. The molecule has 0 spiro atoms. The maximum Gasteiger partial charge on any atom is 0.254 e. The number of carbonyl (C=O) groups excluding carboxylic acids is 1. The van der Waals surface area contributed by atoms with Crippen molar-refractivity contribution >= 4 is 17.5 Å². The van der Waals surface area contributed by atoms with Gasteiger partial charge >= 0.3 is 0 Å². The lowest BCUT2D eigenvalue weighted by molar-refractivity contribution is -0.120. The van der Waals surface area contributed by atoms with E-state index in [9.17, 15) is 9.59 Å². The summed E-state index contributed by atoms with van der Waals surface area (Å²) in [5.74, 6) is 0.286. The fourth-order valence-electron chi connectivity index (χ4n) is 3.32. The standard InChI is InChI=1S/C24H27ClN4O3/c1-17-8-10-29(11-12-32-23-5-3-4-9-27-23)24(31)21(17)14-22(30)28-16-19-13-20(25)7-6-18(19)15-26-2/h3-10,13,26H,11-12,14-16H2,1-2H3,(H,28,30). The summed E-state index contributed by atoms with van der Waals surface area (Å²) in [6, 6.07) is 12.9. The Balaban J connectivity index is 1.63. The summed E-state index contributed by atoms with van der Waals surface area (Å²) >= 11 is 6.11. The molecule has 0 saturated carbocycles. The van der Waals surface area contributed by atoms with E-state index >= 15 is 0 Å². The predicted octanol–water partition coefficient (Wildman–Crippen LogP) is 2.86. The quantitative estimate of drug-likeness (QED) is 0.492. The summed E-state index contributed by atoms with van der Waals surface area (Å²) < 4.78 is 7.13. The molecule has 0 unspecified atom stereocenters. The van der Waals surface area contributed by atoms with Gasteiger partial charge in [-0.25, -0.2) is 4.98 Å². The number of carbonyl (C=O) groups is 1. The number of pyridine rings is 2. The molecule has 8 heteroatoms. The molecule has 0 radical (unpaired) electrons. The molecule has 0 bridgehead atoms. The van der Waals surface area contributed by atoms with E-state index in [2.05, 4.69) is 15.6 Å². The average molecular weight is 455 g/mol. The van der Waals surface area contributed by atoms with Gasteiger partial charge in [0.25, 0.3) is 5.56 Å². The van der Waals surface area contributed by atoms with E-state index in [1.807, 2.05) is 50.4 Å². The second-order valence-electron chi connectivity index (χ2n) is 7.39. The first-order chi connectivity index (χ1) is 15.5. The number of ether oxygens (including phenoxy) is 1. The van der Waals surface area contributed by atoms with Gasteiger partial charge in [-0.15, -0.1) is 0 Å². The third-order valence-corrected chi connectivity index (χ3v) is 5.30. The minimum absolute atomic E-state index is 0.00846. The number of halogens is 1. The summed E-state index contributed by atoms with van der Waals surface area (Å²) in [6.45, 7) is 3.51. The van der Waals surface area contributed by atoms with Crippen LogP contribution in [0.3, 0.4) is 0 Å². The highest BCUT2D eigenvalue weighted by Gasteiger charge is 2.13. The molecule has 0 aliphatic rings. The molecule has 0 aliphatic heterocycles. The minimum Gasteiger partial charge on any atom is -0.476 e. The second kappa shape index (κ2) is 11.5. The van der Waals surface area contributed by atoms with E-state index in [1.54, 1.807) is 23.0 Å². The van der Waals surface area contributed by atoms with Crippen LogP contribution in [0, 0.1) is 6.92 Å².